The Labute approximate surface area is 165 Å². The zero-order chi connectivity index (χ0) is 20.4. The van der Waals surface area contributed by atoms with Crippen molar-refractivity contribution in [3.05, 3.63) is 64.6 Å². The average molecular weight is 393 g/mol. The summed E-state index contributed by atoms with van der Waals surface area (Å²) >= 11 is 0. The number of carbonyl (C=O) groups is 3. The molecule has 2 aromatic carbocycles. The molecule has 1 aromatic heterocycles. The summed E-state index contributed by atoms with van der Waals surface area (Å²) in [5.41, 5.74) is 2.55. The highest BCUT2D eigenvalue weighted by Gasteiger charge is 2.28. The Morgan fingerprint density at radius 1 is 0.966 bits per heavy atom. The Balaban J connectivity index is 1.35. The van der Waals surface area contributed by atoms with Gasteiger partial charge in [-0.05, 0) is 29.8 Å². The molecule has 148 valence electrons. The van der Waals surface area contributed by atoms with E-state index in [0.717, 1.165) is 5.56 Å². The zero-order valence-electron chi connectivity index (χ0n) is 15.6. The molecule has 0 unspecified atom stereocenters. The van der Waals surface area contributed by atoms with Gasteiger partial charge in [0.05, 0.1) is 12.1 Å². The normalized spacial score (nSPS) is 14.0. The van der Waals surface area contributed by atoms with Gasteiger partial charge in [-0.1, -0.05) is 24.3 Å². The van der Waals surface area contributed by atoms with E-state index >= 15 is 0 Å². The van der Waals surface area contributed by atoms with Crippen molar-refractivity contribution in [1.82, 2.24) is 9.47 Å². The lowest BCUT2D eigenvalue weighted by molar-refractivity contribution is -0.139. The number of imide groups is 1. The summed E-state index contributed by atoms with van der Waals surface area (Å²) < 4.78 is 6.59. The molecule has 1 N–H and O–H groups in total. The molecule has 0 atom stereocenters. The fourth-order valence-electron chi connectivity index (χ4n) is 3.34. The number of nitrogens with zero attached hydrogens (tertiary/aromatic N) is 2. The fraction of sp³-hybridized carbons (Fsp3) is 0.238. The maximum atomic E-state index is 12.2. The van der Waals surface area contributed by atoms with Gasteiger partial charge in [0.2, 0.25) is 17.7 Å². The van der Waals surface area contributed by atoms with Crippen LogP contribution in [0.2, 0.25) is 0 Å². The Bertz CT molecular complexity index is 1130. The summed E-state index contributed by atoms with van der Waals surface area (Å²) in [6, 6.07) is 14.0. The van der Waals surface area contributed by atoms with E-state index in [1.807, 2.05) is 0 Å². The number of para-hydroxylation sites is 2. The van der Waals surface area contributed by atoms with Crippen molar-refractivity contribution in [3.63, 3.8) is 0 Å². The molecule has 1 aliphatic rings. The van der Waals surface area contributed by atoms with Crippen molar-refractivity contribution in [3.8, 4) is 0 Å². The molecule has 1 aliphatic heterocycles. The Kier molecular flexibility index (Phi) is 4.99. The second-order valence-corrected chi connectivity index (χ2v) is 6.86. The van der Waals surface area contributed by atoms with E-state index in [1.165, 1.54) is 9.47 Å². The van der Waals surface area contributed by atoms with Gasteiger partial charge in [0.25, 0.3) is 0 Å². The van der Waals surface area contributed by atoms with Gasteiger partial charge in [-0.3, -0.25) is 23.9 Å². The van der Waals surface area contributed by atoms with E-state index in [1.54, 1.807) is 48.5 Å². The van der Waals surface area contributed by atoms with Gasteiger partial charge >= 0.3 is 5.76 Å². The summed E-state index contributed by atoms with van der Waals surface area (Å²) in [7, 11) is 0. The van der Waals surface area contributed by atoms with Gasteiger partial charge in [0.1, 0.15) is 0 Å². The monoisotopic (exact) mass is 393 g/mol. The smallest absolute Gasteiger partial charge is 0.408 e. The lowest BCUT2D eigenvalue weighted by Crippen LogP contribution is -2.28. The Morgan fingerprint density at radius 2 is 1.66 bits per heavy atom. The minimum atomic E-state index is -0.491. The Hall–Kier alpha value is -3.68. The van der Waals surface area contributed by atoms with Crippen molar-refractivity contribution in [2.75, 3.05) is 5.32 Å². The molecule has 0 spiro atoms. The molecule has 1 saturated heterocycles. The lowest BCUT2D eigenvalue weighted by Gasteiger charge is -2.14. The molecule has 8 nitrogen and oxygen atoms in total. The van der Waals surface area contributed by atoms with Crippen molar-refractivity contribution in [2.45, 2.75) is 32.4 Å². The largest absolute Gasteiger partial charge is 0.419 e. The second-order valence-electron chi connectivity index (χ2n) is 6.86. The number of hydrogen-bond acceptors (Lipinski definition) is 5. The van der Waals surface area contributed by atoms with Crippen molar-refractivity contribution >= 4 is 34.5 Å². The summed E-state index contributed by atoms with van der Waals surface area (Å²) in [6.45, 7) is 0.446. The van der Waals surface area contributed by atoms with Crippen LogP contribution in [-0.4, -0.2) is 27.2 Å². The standard InChI is InChI=1S/C21H19N3O5/c25-18(11-12-23-16-3-1-2-4-17(16)29-21(23)28)22-15-7-5-14(6-8-15)13-24-19(26)9-10-20(24)27/h1-8H,9-13H2,(H,22,25). The lowest BCUT2D eigenvalue weighted by atomic mass is 10.2. The third-order valence-electron chi connectivity index (χ3n) is 4.87. The first-order valence-electron chi connectivity index (χ1n) is 9.31. The first kappa shape index (κ1) is 18.7. The molecule has 1 fully saturated rings. The maximum absolute atomic E-state index is 12.2. The number of oxazole rings is 1. The number of aryl methyl sites for hydroxylation is 1. The van der Waals surface area contributed by atoms with E-state index in [4.69, 9.17) is 4.42 Å². The molecule has 4 rings (SSSR count). The number of nitrogens with one attached hydrogen (secondary N) is 1. The van der Waals surface area contributed by atoms with Crippen LogP contribution in [0.5, 0.6) is 0 Å². The summed E-state index contributed by atoms with van der Waals surface area (Å²) in [6.07, 6.45) is 0.645. The molecule has 2 heterocycles. The number of rotatable bonds is 6. The first-order valence-corrected chi connectivity index (χ1v) is 9.31. The van der Waals surface area contributed by atoms with Crippen LogP contribution >= 0.6 is 0 Å². The predicted molar refractivity (Wildman–Crippen MR) is 105 cm³/mol. The first-order chi connectivity index (χ1) is 14.0. The number of fused-ring (bicyclic) bond motifs is 1. The quantitative estimate of drug-likeness (QED) is 0.648. The van der Waals surface area contributed by atoms with Crippen molar-refractivity contribution in [1.29, 1.82) is 0 Å². The van der Waals surface area contributed by atoms with Crippen LogP contribution < -0.4 is 11.1 Å². The third kappa shape index (κ3) is 3.96. The molecular formula is C21H19N3O5. The number of aromatic nitrogens is 1. The Morgan fingerprint density at radius 3 is 2.38 bits per heavy atom. The van der Waals surface area contributed by atoms with Crippen molar-refractivity contribution in [2.24, 2.45) is 0 Å². The van der Waals surface area contributed by atoms with Gasteiger partial charge in [-0.15, -0.1) is 0 Å². The molecule has 0 aliphatic carbocycles. The molecular weight excluding hydrogens is 374 g/mol. The molecule has 0 bridgehead atoms. The topological polar surface area (TPSA) is 102 Å². The molecule has 3 amide bonds. The van der Waals surface area contributed by atoms with Gasteiger partial charge in [0, 0.05) is 31.5 Å². The van der Waals surface area contributed by atoms with E-state index in [9.17, 15) is 19.2 Å². The average Bonchev–Trinajstić information content (AvgIpc) is 3.20. The third-order valence-corrected chi connectivity index (χ3v) is 4.87. The van der Waals surface area contributed by atoms with Crippen LogP contribution in [0.15, 0.2) is 57.7 Å². The minimum absolute atomic E-state index is 0.113. The van der Waals surface area contributed by atoms with Crippen LogP contribution in [0.25, 0.3) is 11.1 Å². The van der Waals surface area contributed by atoms with Crippen LogP contribution in [0.4, 0.5) is 5.69 Å². The number of hydrogen-bond donors (Lipinski definition) is 1. The number of likely N-dealkylation sites (tertiary alicyclic amines) is 1. The maximum Gasteiger partial charge on any atom is 0.419 e. The van der Waals surface area contributed by atoms with Crippen LogP contribution in [0, 0.1) is 0 Å². The molecule has 0 radical (unpaired) electrons. The van der Waals surface area contributed by atoms with Gasteiger partial charge in [-0.2, -0.15) is 0 Å². The van der Waals surface area contributed by atoms with E-state index < -0.39 is 5.76 Å². The SMILES string of the molecule is O=C(CCn1c(=O)oc2ccccc21)Nc1ccc(CN2C(=O)CCC2=O)cc1. The van der Waals surface area contributed by atoms with Gasteiger partial charge < -0.3 is 9.73 Å². The molecule has 29 heavy (non-hydrogen) atoms. The van der Waals surface area contributed by atoms with Gasteiger partial charge in [0.15, 0.2) is 5.58 Å². The number of carbonyl (C=O) groups excluding carboxylic acids is 3. The molecule has 3 aromatic rings. The fourth-order valence-corrected chi connectivity index (χ4v) is 3.34. The van der Waals surface area contributed by atoms with Crippen LogP contribution in [0.1, 0.15) is 24.8 Å². The molecule has 8 heteroatoms. The van der Waals surface area contributed by atoms with Crippen molar-refractivity contribution < 1.29 is 18.8 Å². The minimum Gasteiger partial charge on any atom is -0.408 e. The molecule has 0 saturated carbocycles. The second kappa shape index (κ2) is 7.75. The number of amides is 3. The summed E-state index contributed by atoms with van der Waals surface area (Å²) in [5.74, 6) is -1.04. The number of benzene rings is 2. The van der Waals surface area contributed by atoms with Crippen LogP contribution in [-0.2, 0) is 27.5 Å². The van der Waals surface area contributed by atoms with E-state index in [2.05, 4.69) is 5.32 Å². The highest BCUT2D eigenvalue weighted by atomic mass is 16.4. The summed E-state index contributed by atoms with van der Waals surface area (Å²) in [4.78, 5) is 48.8. The van der Waals surface area contributed by atoms with Crippen LogP contribution in [0.3, 0.4) is 0 Å². The van der Waals surface area contributed by atoms with E-state index in [-0.39, 0.29) is 50.1 Å². The number of anilines is 1. The predicted octanol–water partition coefficient (Wildman–Crippen LogP) is 2.27. The van der Waals surface area contributed by atoms with Gasteiger partial charge in [-0.25, -0.2) is 4.79 Å². The zero-order valence-corrected chi connectivity index (χ0v) is 15.6. The highest BCUT2D eigenvalue weighted by molar-refractivity contribution is 6.01. The van der Waals surface area contributed by atoms with E-state index in [0.29, 0.717) is 16.8 Å². The summed E-state index contributed by atoms with van der Waals surface area (Å²) in [5, 5.41) is 2.78. The highest BCUT2D eigenvalue weighted by Crippen LogP contribution is 2.18.